The lowest BCUT2D eigenvalue weighted by molar-refractivity contribution is -0.137. The largest absolute Gasteiger partial charge is 0.496 e. The molecule has 1 aliphatic heterocycles. The van der Waals surface area contributed by atoms with E-state index in [4.69, 9.17) is 16.3 Å². The molecule has 2 rings (SSSR count). The SMILES string of the molecule is COc1cc(Cl)ccc1CN(C(=O)C(C)C)[C@H]1CCNC1. The molecule has 21 heavy (non-hydrogen) atoms. The average molecular weight is 311 g/mol. The van der Waals surface area contributed by atoms with E-state index in [0.29, 0.717) is 11.6 Å². The topological polar surface area (TPSA) is 41.6 Å². The molecule has 5 heteroatoms. The summed E-state index contributed by atoms with van der Waals surface area (Å²) in [6.07, 6.45) is 0.994. The average Bonchev–Trinajstić information content (AvgIpc) is 2.98. The minimum absolute atomic E-state index is 0.0103. The minimum Gasteiger partial charge on any atom is -0.496 e. The van der Waals surface area contributed by atoms with Crippen LogP contribution in [0.2, 0.25) is 5.02 Å². The number of methoxy groups -OCH3 is 1. The van der Waals surface area contributed by atoms with Gasteiger partial charge in [0.05, 0.1) is 7.11 Å². The Labute approximate surface area is 131 Å². The third-order valence-corrected chi connectivity index (χ3v) is 4.08. The Balaban J connectivity index is 2.24. The number of amides is 1. The molecule has 0 unspecified atom stereocenters. The molecule has 4 nitrogen and oxygen atoms in total. The summed E-state index contributed by atoms with van der Waals surface area (Å²) in [5.41, 5.74) is 0.989. The van der Waals surface area contributed by atoms with Crippen LogP contribution in [0.25, 0.3) is 0 Å². The number of carbonyl (C=O) groups excluding carboxylic acids is 1. The predicted octanol–water partition coefficient (Wildman–Crippen LogP) is 2.70. The summed E-state index contributed by atoms with van der Waals surface area (Å²) in [4.78, 5) is 14.5. The third kappa shape index (κ3) is 3.89. The van der Waals surface area contributed by atoms with Crippen LogP contribution in [0.15, 0.2) is 18.2 Å². The van der Waals surface area contributed by atoms with Crippen molar-refractivity contribution in [3.05, 3.63) is 28.8 Å². The smallest absolute Gasteiger partial charge is 0.225 e. The van der Waals surface area contributed by atoms with Crippen LogP contribution in [0.5, 0.6) is 5.75 Å². The number of halogens is 1. The minimum atomic E-state index is -0.0103. The standard InChI is InChI=1S/C16H23ClN2O2/c1-11(2)16(20)19(14-6-7-18-9-14)10-12-4-5-13(17)8-15(12)21-3/h4-5,8,11,14,18H,6-7,9-10H2,1-3H3/t14-/m0/s1. The van der Waals surface area contributed by atoms with Gasteiger partial charge in [0, 0.05) is 35.6 Å². The molecule has 1 fully saturated rings. The summed E-state index contributed by atoms with van der Waals surface area (Å²) in [6, 6.07) is 5.82. The van der Waals surface area contributed by atoms with Crippen LogP contribution in [0.3, 0.4) is 0 Å². The van der Waals surface area contributed by atoms with Crippen LogP contribution in [-0.2, 0) is 11.3 Å². The number of nitrogens with zero attached hydrogens (tertiary/aromatic N) is 1. The van der Waals surface area contributed by atoms with Crippen LogP contribution < -0.4 is 10.1 Å². The summed E-state index contributed by atoms with van der Waals surface area (Å²) in [5, 5.41) is 3.96. The molecule has 0 saturated carbocycles. The highest BCUT2D eigenvalue weighted by Crippen LogP contribution is 2.26. The number of nitrogens with one attached hydrogen (secondary N) is 1. The molecular weight excluding hydrogens is 288 g/mol. The van der Waals surface area contributed by atoms with Crippen molar-refractivity contribution in [1.29, 1.82) is 0 Å². The van der Waals surface area contributed by atoms with E-state index in [1.807, 2.05) is 30.9 Å². The van der Waals surface area contributed by atoms with Crippen LogP contribution in [0.4, 0.5) is 0 Å². The second kappa shape index (κ2) is 7.14. The third-order valence-electron chi connectivity index (χ3n) is 3.84. The van der Waals surface area contributed by atoms with Gasteiger partial charge in [-0.15, -0.1) is 0 Å². The van der Waals surface area contributed by atoms with E-state index < -0.39 is 0 Å². The number of benzene rings is 1. The lowest BCUT2D eigenvalue weighted by atomic mass is 10.1. The Bertz CT molecular complexity index is 499. The molecule has 1 N–H and O–H groups in total. The Morgan fingerprint density at radius 2 is 2.29 bits per heavy atom. The molecule has 1 saturated heterocycles. The fraction of sp³-hybridized carbons (Fsp3) is 0.562. The fourth-order valence-electron chi connectivity index (χ4n) is 2.66. The molecule has 116 valence electrons. The van der Waals surface area contributed by atoms with E-state index in [0.717, 1.165) is 30.8 Å². The van der Waals surface area contributed by atoms with Crippen molar-refractivity contribution < 1.29 is 9.53 Å². The van der Waals surface area contributed by atoms with Crippen molar-refractivity contribution in [3.63, 3.8) is 0 Å². The fourth-order valence-corrected chi connectivity index (χ4v) is 2.82. The van der Waals surface area contributed by atoms with Gasteiger partial charge in [-0.05, 0) is 25.1 Å². The van der Waals surface area contributed by atoms with E-state index in [1.165, 1.54) is 0 Å². The van der Waals surface area contributed by atoms with Gasteiger partial charge >= 0.3 is 0 Å². The Morgan fingerprint density at radius 3 is 2.86 bits per heavy atom. The maximum Gasteiger partial charge on any atom is 0.225 e. The highest BCUT2D eigenvalue weighted by molar-refractivity contribution is 6.30. The Morgan fingerprint density at radius 1 is 1.52 bits per heavy atom. The molecule has 0 aliphatic carbocycles. The van der Waals surface area contributed by atoms with Crippen LogP contribution in [-0.4, -0.2) is 37.0 Å². The zero-order valence-electron chi connectivity index (χ0n) is 12.9. The molecule has 1 aromatic rings. The molecule has 0 spiro atoms. The van der Waals surface area contributed by atoms with Crippen LogP contribution in [0, 0.1) is 5.92 Å². The molecule has 0 radical (unpaired) electrons. The number of hydrogen-bond acceptors (Lipinski definition) is 3. The Kier molecular flexibility index (Phi) is 5.48. The van der Waals surface area contributed by atoms with Gasteiger partial charge in [0.25, 0.3) is 0 Å². The van der Waals surface area contributed by atoms with E-state index in [2.05, 4.69) is 5.32 Å². The number of hydrogen-bond donors (Lipinski definition) is 1. The van der Waals surface area contributed by atoms with Crippen molar-refractivity contribution in [2.24, 2.45) is 5.92 Å². The van der Waals surface area contributed by atoms with Gasteiger partial charge in [0.2, 0.25) is 5.91 Å². The molecule has 1 amide bonds. The van der Waals surface area contributed by atoms with Gasteiger partial charge in [0.1, 0.15) is 5.75 Å². The van der Waals surface area contributed by atoms with Gasteiger partial charge in [-0.2, -0.15) is 0 Å². The summed E-state index contributed by atoms with van der Waals surface area (Å²) >= 11 is 6.00. The number of ether oxygens (including phenoxy) is 1. The van der Waals surface area contributed by atoms with Gasteiger partial charge in [-0.1, -0.05) is 31.5 Å². The quantitative estimate of drug-likeness (QED) is 0.909. The van der Waals surface area contributed by atoms with Crippen molar-refractivity contribution in [1.82, 2.24) is 10.2 Å². The predicted molar refractivity (Wildman–Crippen MR) is 84.7 cm³/mol. The first kappa shape index (κ1) is 16.1. The van der Waals surface area contributed by atoms with Crippen molar-refractivity contribution in [2.45, 2.75) is 32.9 Å². The van der Waals surface area contributed by atoms with Gasteiger partial charge in [-0.3, -0.25) is 4.79 Å². The monoisotopic (exact) mass is 310 g/mol. The van der Waals surface area contributed by atoms with Crippen LogP contribution in [0.1, 0.15) is 25.8 Å². The normalized spacial score (nSPS) is 18.0. The summed E-state index contributed by atoms with van der Waals surface area (Å²) in [5.74, 6) is 0.902. The number of rotatable bonds is 5. The summed E-state index contributed by atoms with van der Waals surface area (Å²) < 4.78 is 5.39. The van der Waals surface area contributed by atoms with E-state index in [-0.39, 0.29) is 17.9 Å². The summed E-state index contributed by atoms with van der Waals surface area (Å²) in [6.45, 7) is 6.26. The summed E-state index contributed by atoms with van der Waals surface area (Å²) in [7, 11) is 1.63. The van der Waals surface area contributed by atoms with Crippen molar-refractivity contribution in [3.8, 4) is 5.75 Å². The van der Waals surface area contributed by atoms with E-state index in [1.54, 1.807) is 13.2 Å². The van der Waals surface area contributed by atoms with Gasteiger partial charge in [0.15, 0.2) is 0 Å². The molecule has 1 aromatic carbocycles. The maximum absolute atomic E-state index is 12.5. The first-order valence-corrected chi connectivity index (χ1v) is 7.74. The van der Waals surface area contributed by atoms with Crippen LogP contribution >= 0.6 is 11.6 Å². The molecule has 0 bridgehead atoms. The number of carbonyl (C=O) groups is 1. The Hall–Kier alpha value is -1.26. The lowest BCUT2D eigenvalue weighted by Crippen LogP contribution is -2.43. The van der Waals surface area contributed by atoms with Crippen molar-refractivity contribution >= 4 is 17.5 Å². The molecule has 1 heterocycles. The molecular formula is C16H23ClN2O2. The highest BCUT2D eigenvalue weighted by Gasteiger charge is 2.28. The zero-order chi connectivity index (χ0) is 15.4. The maximum atomic E-state index is 12.5. The zero-order valence-corrected chi connectivity index (χ0v) is 13.6. The van der Waals surface area contributed by atoms with Gasteiger partial charge < -0.3 is 15.0 Å². The van der Waals surface area contributed by atoms with E-state index >= 15 is 0 Å². The molecule has 0 aromatic heterocycles. The molecule has 1 atom stereocenters. The highest BCUT2D eigenvalue weighted by atomic mass is 35.5. The first-order chi connectivity index (χ1) is 10.0. The first-order valence-electron chi connectivity index (χ1n) is 7.36. The molecule has 1 aliphatic rings. The van der Waals surface area contributed by atoms with E-state index in [9.17, 15) is 4.79 Å². The second-order valence-corrected chi connectivity index (χ2v) is 6.16. The van der Waals surface area contributed by atoms with Crippen molar-refractivity contribution in [2.75, 3.05) is 20.2 Å². The van der Waals surface area contributed by atoms with Gasteiger partial charge in [-0.25, -0.2) is 0 Å². The lowest BCUT2D eigenvalue weighted by Gasteiger charge is -2.30. The second-order valence-electron chi connectivity index (χ2n) is 5.72.